The lowest BCUT2D eigenvalue weighted by Gasteiger charge is -2.28. The first kappa shape index (κ1) is 28.7. The van der Waals surface area contributed by atoms with Gasteiger partial charge in [0.05, 0.1) is 12.2 Å². The zero-order chi connectivity index (χ0) is 27.0. The van der Waals surface area contributed by atoms with Gasteiger partial charge in [0.25, 0.3) is 0 Å². The van der Waals surface area contributed by atoms with E-state index in [4.69, 9.17) is 4.74 Å². The molecule has 38 heavy (non-hydrogen) atoms. The Labute approximate surface area is 227 Å². The molecule has 2 saturated carbocycles. The van der Waals surface area contributed by atoms with Crippen molar-refractivity contribution in [3.05, 3.63) is 95.3 Å². The highest BCUT2D eigenvalue weighted by Crippen LogP contribution is 2.39. The van der Waals surface area contributed by atoms with Crippen LogP contribution in [0.25, 0.3) is 0 Å². The molecule has 2 aliphatic rings. The summed E-state index contributed by atoms with van der Waals surface area (Å²) in [6, 6.07) is 12.5. The zero-order valence-electron chi connectivity index (χ0n) is 22.8. The van der Waals surface area contributed by atoms with Crippen molar-refractivity contribution >= 4 is 0 Å². The third-order valence-corrected chi connectivity index (χ3v) is 8.77. The molecule has 0 bridgehead atoms. The van der Waals surface area contributed by atoms with Gasteiger partial charge in [-0.1, -0.05) is 48.6 Å². The summed E-state index contributed by atoms with van der Waals surface area (Å²) in [5.41, 5.74) is 2.42. The molecule has 0 amide bonds. The molecule has 0 N–H and O–H groups in total. The van der Waals surface area contributed by atoms with E-state index in [1.54, 1.807) is 6.07 Å². The molecule has 2 aliphatic carbocycles. The molecule has 4 heteroatoms. The maximum absolute atomic E-state index is 14.8. The van der Waals surface area contributed by atoms with Crippen LogP contribution in [0.2, 0.25) is 0 Å². The van der Waals surface area contributed by atoms with E-state index in [0.717, 1.165) is 49.1 Å². The van der Waals surface area contributed by atoms with Crippen LogP contribution in [0.15, 0.2) is 67.3 Å². The van der Waals surface area contributed by atoms with E-state index in [2.05, 4.69) is 30.9 Å². The van der Waals surface area contributed by atoms with Crippen LogP contribution in [-0.2, 0) is 17.3 Å². The largest absolute Gasteiger partial charge is 0.386 e. The Kier molecular flexibility index (Phi) is 10.3. The van der Waals surface area contributed by atoms with Crippen molar-refractivity contribution < 1.29 is 17.9 Å². The summed E-state index contributed by atoms with van der Waals surface area (Å²) in [7, 11) is 0. The van der Waals surface area contributed by atoms with Gasteiger partial charge in [-0.15, -0.1) is 6.58 Å². The van der Waals surface area contributed by atoms with Gasteiger partial charge >= 0.3 is 6.11 Å². The van der Waals surface area contributed by atoms with Crippen molar-refractivity contribution in [3.8, 4) is 0 Å². The highest BCUT2D eigenvalue weighted by Gasteiger charge is 2.36. The molecule has 0 atom stereocenters. The van der Waals surface area contributed by atoms with Crippen molar-refractivity contribution in [1.82, 2.24) is 0 Å². The van der Waals surface area contributed by atoms with Gasteiger partial charge in [0.1, 0.15) is 5.82 Å². The van der Waals surface area contributed by atoms with Gasteiger partial charge in [-0.25, -0.2) is 4.39 Å². The molecular weight excluding hydrogens is 481 g/mol. The number of allylic oxidation sites excluding steroid dienone is 3. The second kappa shape index (κ2) is 13.6. The average molecular weight is 525 g/mol. The van der Waals surface area contributed by atoms with E-state index in [1.807, 2.05) is 25.1 Å². The Morgan fingerprint density at radius 2 is 1.53 bits per heavy atom. The third-order valence-electron chi connectivity index (χ3n) is 8.77. The summed E-state index contributed by atoms with van der Waals surface area (Å²) in [6.45, 7) is 5.68. The molecule has 206 valence electrons. The summed E-state index contributed by atoms with van der Waals surface area (Å²) >= 11 is 0. The fourth-order valence-corrected chi connectivity index (χ4v) is 6.41. The lowest BCUT2D eigenvalue weighted by atomic mass is 9.77. The highest BCUT2D eigenvalue weighted by atomic mass is 19.3. The SMILES string of the molecule is C=CCCC1CCC(c2ccc(CCOC(F)(F)c3ccc(C4CCC(C=CC)CC4)cc3F)cc2)CC1. The minimum absolute atomic E-state index is 0.170. The van der Waals surface area contributed by atoms with E-state index in [-0.39, 0.29) is 12.5 Å². The van der Waals surface area contributed by atoms with Crippen LogP contribution in [-0.4, -0.2) is 6.61 Å². The van der Waals surface area contributed by atoms with Crippen LogP contribution in [0, 0.1) is 17.7 Å². The lowest BCUT2D eigenvalue weighted by Crippen LogP contribution is -2.22. The van der Waals surface area contributed by atoms with Gasteiger partial charge in [0, 0.05) is 0 Å². The molecule has 1 nitrogen and oxygen atoms in total. The van der Waals surface area contributed by atoms with Crippen LogP contribution in [0.5, 0.6) is 0 Å². The first-order valence-corrected chi connectivity index (χ1v) is 14.5. The zero-order valence-corrected chi connectivity index (χ0v) is 22.8. The molecule has 0 saturated heterocycles. The van der Waals surface area contributed by atoms with E-state index in [9.17, 15) is 13.2 Å². The van der Waals surface area contributed by atoms with Gasteiger partial charge in [0.2, 0.25) is 0 Å². The lowest BCUT2D eigenvalue weighted by molar-refractivity contribution is -0.249. The summed E-state index contributed by atoms with van der Waals surface area (Å²) in [4.78, 5) is 0. The Morgan fingerprint density at radius 3 is 2.16 bits per heavy atom. The molecule has 2 fully saturated rings. The second-order valence-corrected chi connectivity index (χ2v) is 11.3. The van der Waals surface area contributed by atoms with E-state index in [1.165, 1.54) is 49.8 Å². The maximum atomic E-state index is 14.8. The molecule has 2 aromatic carbocycles. The Bertz CT molecular complexity index is 1040. The van der Waals surface area contributed by atoms with Gasteiger partial charge in [0.15, 0.2) is 0 Å². The Hall–Kier alpha value is -2.33. The van der Waals surface area contributed by atoms with Crippen LogP contribution in [0.1, 0.15) is 105 Å². The number of hydrogen-bond acceptors (Lipinski definition) is 1. The molecular formula is C34H43F3O. The van der Waals surface area contributed by atoms with Crippen molar-refractivity contribution in [3.63, 3.8) is 0 Å². The first-order valence-electron chi connectivity index (χ1n) is 14.5. The predicted molar refractivity (Wildman–Crippen MR) is 150 cm³/mol. The maximum Gasteiger partial charge on any atom is 0.386 e. The summed E-state index contributed by atoms with van der Waals surface area (Å²) < 4.78 is 49.2. The van der Waals surface area contributed by atoms with Crippen LogP contribution >= 0.6 is 0 Å². The monoisotopic (exact) mass is 524 g/mol. The predicted octanol–water partition coefficient (Wildman–Crippen LogP) is 10.2. The number of benzene rings is 2. The van der Waals surface area contributed by atoms with Crippen LogP contribution < -0.4 is 0 Å². The normalized spacial score (nSPS) is 24.5. The number of hydrogen-bond donors (Lipinski definition) is 0. The number of halogens is 3. The van der Waals surface area contributed by atoms with Gasteiger partial charge in [-0.05, 0) is 130 Å². The number of ether oxygens (including phenoxy) is 1. The van der Waals surface area contributed by atoms with E-state index < -0.39 is 17.5 Å². The van der Waals surface area contributed by atoms with Crippen LogP contribution in [0.3, 0.4) is 0 Å². The topological polar surface area (TPSA) is 9.23 Å². The van der Waals surface area contributed by atoms with Crippen LogP contribution in [0.4, 0.5) is 13.2 Å². The molecule has 0 unspecified atom stereocenters. The molecule has 0 radical (unpaired) electrons. The van der Waals surface area contributed by atoms with Gasteiger partial charge in [-0.2, -0.15) is 8.78 Å². The molecule has 4 rings (SSSR count). The fraction of sp³-hybridized carbons (Fsp3) is 0.529. The summed E-state index contributed by atoms with van der Waals surface area (Å²) in [5.74, 6) is 1.31. The quantitative estimate of drug-likeness (QED) is 0.266. The number of rotatable bonds is 11. The molecule has 0 aliphatic heterocycles. The summed E-state index contributed by atoms with van der Waals surface area (Å²) in [6.07, 6.45) is 14.3. The van der Waals surface area contributed by atoms with Crippen molar-refractivity contribution in [1.29, 1.82) is 0 Å². The summed E-state index contributed by atoms with van der Waals surface area (Å²) in [5, 5.41) is 0. The van der Waals surface area contributed by atoms with E-state index in [0.29, 0.717) is 18.3 Å². The molecule has 0 aromatic heterocycles. The van der Waals surface area contributed by atoms with Crippen molar-refractivity contribution in [2.45, 2.75) is 95.5 Å². The Balaban J connectivity index is 1.25. The minimum Gasteiger partial charge on any atom is -0.316 e. The molecule has 0 spiro atoms. The van der Waals surface area contributed by atoms with Gasteiger partial charge < -0.3 is 4.74 Å². The molecule has 2 aromatic rings. The minimum atomic E-state index is -3.66. The Morgan fingerprint density at radius 1 is 0.895 bits per heavy atom. The first-order chi connectivity index (χ1) is 18.4. The number of alkyl halides is 2. The fourth-order valence-electron chi connectivity index (χ4n) is 6.41. The average Bonchev–Trinajstić information content (AvgIpc) is 2.93. The molecule has 0 heterocycles. The standard InChI is InChI=1S/C34H43F3O/c1-3-5-7-26-10-14-28(15-11-26)29-16-12-27(13-17-29)22-23-38-34(36,37)32-21-20-31(24-33(32)35)30-18-8-25(6-4-2)9-19-30/h3-4,6,12-13,16-17,20-21,24-26,28,30H,1,5,7-11,14-15,18-19,22-23H2,2H3. The smallest absolute Gasteiger partial charge is 0.316 e. The second-order valence-electron chi connectivity index (χ2n) is 11.3. The van der Waals surface area contributed by atoms with E-state index >= 15 is 0 Å². The van der Waals surface area contributed by atoms with Gasteiger partial charge in [-0.3, -0.25) is 0 Å². The third kappa shape index (κ3) is 7.62. The highest BCUT2D eigenvalue weighted by molar-refractivity contribution is 5.30. The van der Waals surface area contributed by atoms with Crippen molar-refractivity contribution in [2.24, 2.45) is 11.8 Å². The van der Waals surface area contributed by atoms with Crippen molar-refractivity contribution in [2.75, 3.05) is 6.61 Å².